The first-order chi connectivity index (χ1) is 17.0. The molecule has 0 aliphatic carbocycles. The van der Waals surface area contributed by atoms with Crippen molar-refractivity contribution in [2.45, 2.75) is 12.1 Å². The minimum absolute atomic E-state index is 0.106. The van der Waals surface area contributed by atoms with Crippen LogP contribution in [0, 0.1) is 16.0 Å². The highest BCUT2D eigenvalue weighted by Gasteiger charge is 2.60. The van der Waals surface area contributed by atoms with Gasteiger partial charge in [0.1, 0.15) is 5.92 Å². The van der Waals surface area contributed by atoms with E-state index in [-0.39, 0.29) is 11.6 Å². The van der Waals surface area contributed by atoms with Crippen molar-refractivity contribution in [3.8, 4) is 0 Å². The van der Waals surface area contributed by atoms with E-state index >= 15 is 0 Å². The summed E-state index contributed by atoms with van der Waals surface area (Å²) < 4.78 is 0. The molecule has 0 spiro atoms. The molecule has 3 atom stereocenters. The van der Waals surface area contributed by atoms with E-state index in [0.29, 0.717) is 11.4 Å². The maximum atomic E-state index is 13.9. The van der Waals surface area contributed by atoms with Crippen molar-refractivity contribution >= 4 is 39.6 Å². The number of non-ortho nitro benzene ring substituents is 1. The Morgan fingerprint density at radius 2 is 1.51 bits per heavy atom. The standard InChI is InChI=1S/C27H19N3O5/c31-26-23-24(18-9-2-1-3-10-18)29(19-12-7-13-20(16-19)30(33)34)35-25(23)27(32)28(26)22-15-6-11-17-8-4-5-14-21(17)22/h1-16,23-25H/t23-,24-,25+/m1/s1. The number of fused-ring (bicyclic) bond motifs is 2. The zero-order valence-corrected chi connectivity index (χ0v) is 18.4. The van der Waals surface area contributed by atoms with Crippen LogP contribution in [0.1, 0.15) is 11.6 Å². The van der Waals surface area contributed by atoms with Crippen molar-refractivity contribution < 1.29 is 19.3 Å². The van der Waals surface area contributed by atoms with E-state index in [9.17, 15) is 19.7 Å². The van der Waals surface area contributed by atoms with Gasteiger partial charge in [0.05, 0.1) is 22.3 Å². The maximum Gasteiger partial charge on any atom is 0.271 e. The van der Waals surface area contributed by atoms with E-state index in [2.05, 4.69) is 0 Å². The van der Waals surface area contributed by atoms with Gasteiger partial charge >= 0.3 is 0 Å². The first-order valence-electron chi connectivity index (χ1n) is 11.2. The summed E-state index contributed by atoms with van der Waals surface area (Å²) in [6, 6.07) is 27.7. The van der Waals surface area contributed by atoms with Gasteiger partial charge in [-0.05, 0) is 23.1 Å². The van der Waals surface area contributed by atoms with E-state index in [0.717, 1.165) is 16.3 Å². The summed E-state index contributed by atoms with van der Waals surface area (Å²) in [4.78, 5) is 45.7. The molecule has 8 heteroatoms. The van der Waals surface area contributed by atoms with Crippen LogP contribution in [0.15, 0.2) is 97.1 Å². The van der Waals surface area contributed by atoms with Crippen molar-refractivity contribution in [1.29, 1.82) is 0 Å². The predicted octanol–water partition coefficient (Wildman–Crippen LogP) is 4.80. The molecule has 0 radical (unpaired) electrons. The van der Waals surface area contributed by atoms with Crippen LogP contribution >= 0.6 is 0 Å². The Morgan fingerprint density at radius 3 is 2.31 bits per heavy atom. The zero-order valence-electron chi connectivity index (χ0n) is 18.4. The minimum atomic E-state index is -1.05. The quantitative estimate of drug-likeness (QED) is 0.244. The van der Waals surface area contributed by atoms with Gasteiger partial charge in [-0.25, -0.2) is 9.96 Å². The molecule has 2 amide bonds. The van der Waals surface area contributed by atoms with Gasteiger partial charge in [0.15, 0.2) is 6.10 Å². The third kappa shape index (κ3) is 3.26. The Labute approximate surface area is 200 Å². The number of hydroxylamine groups is 1. The Bertz CT molecular complexity index is 1480. The van der Waals surface area contributed by atoms with Crippen LogP contribution in [0.3, 0.4) is 0 Å². The average Bonchev–Trinajstić information content (AvgIpc) is 3.40. The number of carbonyl (C=O) groups excluding carboxylic acids is 2. The molecule has 0 bridgehead atoms. The summed E-state index contributed by atoms with van der Waals surface area (Å²) in [7, 11) is 0. The van der Waals surface area contributed by atoms with Crippen LogP contribution in [0.2, 0.25) is 0 Å². The Morgan fingerprint density at radius 1 is 0.800 bits per heavy atom. The smallest absolute Gasteiger partial charge is 0.271 e. The average molecular weight is 465 g/mol. The van der Waals surface area contributed by atoms with Gasteiger partial charge in [-0.3, -0.25) is 24.5 Å². The molecule has 2 heterocycles. The molecule has 2 saturated heterocycles. The van der Waals surface area contributed by atoms with Crippen LogP contribution in [-0.2, 0) is 14.4 Å². The molecule has 172 valence electrons. The molecule has 0 N–H and O–H groups in total. The maximum absolute atomic E-state index is 13.9. The first kappa shape index (κ1) is 21.0. The molecule has 0 saturated carbocycles. The van der Waals surface area contributed by atoms with Gasteiger partial charge in [-0.15, -0.1) is 0 Å². The Kier molecular flexibility index (Phi) is 4.82. The highest BCUT2D eigenvalue weighted by molar-refractivity contribution is 6.26. The van der Waals surface area contributed by atoms with E-state index in [1.165, 1.54) is 22.1 Å². The number of benzene rings is 4. The minimum Gasteiger partial charge on any atom is -0.273 e. The summed E-state index contributed by atoms with van der Waals surface area (Å²) in [5.41, 5.74) is 1.59. The van der Waals surface area contributed by atoms with Gasteiger partial charge in [0.2, 0.25) is 5.91 Å². The monoisotopic (exact) mass is 465 g/mol. The number of nitro benzene ring substituents is 1. The van der Waals surface area contributed by atoms with E-state index < -0.39 is 28.9 Å². The summed E-state index contributed by atoms with van der Waals surface area (Å²) >= 11 is 0. The SMILES string of the molecule is O=C1[C@H]2[C@H](ON(c3cccc([N+](=O)[O-])c3)[C@@H]2c2ccccc2)C(=O)N1c1cccc2ccccc12. The predicted molar refractivity (Wildman–Crippen MR) is 130 cm³/mol. The topological polar surface area (TPSA) is 93.0 Å². The fraction of sp³-hybridized carbons (Fsp3) is 0.111. The number of anilines is 2. The summed E-state index contributed by atoms with van der Waals surface area (Å²) in [5, 5.41) is 14.5. The lowest BCUT2D eigenvalue weighted by Gasteiger charge is -2.28. The van der Waals surface area contributed by atoms with Crippen molar-refractivity contribution in [1.82, 2.24) is 0 Å². The lowest BCUT2D eigenvalue weighted by Crippen LogP contribution is -2.37. The largest absolute Gasteiger partial charge is 0.273 e. The highest BCUT2D eigenvalue weighted by atomic mass is 16.7. The normalized spacial score (nSPS) is 21.5. The van der Waals surface area contributed by atoms with Crippen LogP contribution in [0.4, 0.5) is 17.1 Å². The van der Waals surface area contributed by atoms with E-state index in [4.69, 9.17) is 4.84 Å². The lowest BCUT2D eigenvalue weighted by atomic mass is 9.90. The second kappa shape index (κ2) is 8.03. The molecular formula is C27H19N3O5. The lowest BCUT2D eigenvalue weighted by molar-refractivity contribution is -0.384. The third-order valence-corrected chi connectivity index (χ3v) is 6.56. The number of rotatable bonds is 4. The second-order valence-electron chi connectivity index (χ2n) is 8.52. The number of amides is 2. The summed E-state index contributed by atoms with van der Waals surface area (Å²) in [5.74, 6) is -1.63. The number of hydrogen-bond donors (Lipinski definition) is 0. The molecule has 2 aliphatic heterocycles. The fourth-order valence-corrected chi connectivity index (χ4v) is 5.01. The third-order valence-electron chi connectivity index (χ3n) is 6.56. The summed E-state index contributed by atoms with van der Waals surface area (Å²) in [6.07, 6.45) is -1.05. The molecular weight excluding hydrogens is 446 g/mol. The van der Waals surface area contributed by atoms with Crippen LogP contribution < -0.4 is 9.96 Å². The zero-order chi connectivity index (χ0) is 24.1. The number of hydrogen-bond acceptors (Lipinski definition) is 6. The summed E-state index contributed by atoms with van der Waals surface area (Å²) in [6.45, 7) is 0. The van der Waals surface area contributed by atoms with E-state index in [1.54, 1.807) is 18.2 Å². The molecule has 2 aliphatic rings. The van der Waals surface area contributed by atoms with Crippen molar-refractivity contribution in [3.05, 3.63) is 113 Å². The van der Waals surface area contributed by atoms with Gasteiger partial charge in [0.25, 0.3) is 11.6 Å². The van der Waals surface area contributed by atoms with Gasteiger partial charge in [-0.1, -0.05) is 72.8 Å². The van der Waals surface area contributed by atoms with Gasteiger partial charge in [-0.2, -0.15) is 0 Å². The van der Waals surface area contributed by atoms with Crippen LogP contribution in [-0.4, -0.2) is 22.8 Å². The number of nitro groups is 1. The second-order valence-corrected chi connectivity index (χ2v) is 8.52. The van der Waals surface area contributed by atoms with Crippen molar-refractivity contribution in [3.63, 3.8) is 0 Å². The van der Waals surface area contributed by atoms with Gasteiger partial charge < -0.3 is 0 Å². The first-order valence-corrected chi connectivity index (χ1v) is 11.2. The fourth-order valence-electron chi connectivity index (χ4n) is 5.01. The number of carbonyl (C=O) groups is 2. The molecule has 4 aromatic rings. The Hall–Kier alpha value is -4.56. The molecule has 35 heavy (non-hydrogen) atoms. The van der Waals surface area contributed by atoms with Crippen molar-refractivity contribution in [2.24, 2.45) is 5.92 Å². The molecule has 4 aromatic carbocycles. The van der Waals surface area contributed by atoms with Crippen LogP contribution in [0.25, 0.3) is 10.8 Å². The van der Waals surface area contributed by atoms with Crippen LogP contribution in [0.5, 0.6) is 0 Å². The Balaban J connectivity index is 1.46. The molecule has 6 rings (SSSR count). The van der Waals surface area contributed by atoms with Gasteiger partial charge in [0, 0.05) is 17.5 Å². The highest BCUT2D eigenvalue weighted by Crippen LogP contribution is 2.48. The number of nitrogens with zero attached hydrogens (tertiary/aromatic N) is 3. The molecule has 0 unspecified atom stereocenters. The molecule has 0 aromatic heterocycles. The molecule has 8 nitrogen and oxygen atoms in total. The van der Waals surface area contributed by atoms with E-state index in [1.807, 2.05) is 66.7 Å². The number of imide groups is 1. The van der Waals surface area contributed by atoms with Crippen molar-refractivity contribution in [2.75, 3.05) is 9.96 Å². The molecule has 2 fully saturated rings.